The van der Waals surface area contributed by atoms with Gasteiger partial charge in [-0.05, 0) is 5.92 Å². The molecular formula is C7H15N3O2S. The van der Waals surface area contributed by atoms with Gasteiger partial charge in [-0.25, -0.2) is 13.1 Å². The van der Waals surface area contributed by atoms with Crippen LogP contribution in [0.25, 0.3) is 0 Å². The molecule has 0 amide bonds. The Bertz CT molecular complexity index is 279. The monoisotopic (exact) mass is 205 g/mol. The smallest absolute Gasteiger partial charge is 0.225 e. The first kappa shape index (κ1) is 12.4. The summed E-state index contributed by atoms with van der Waals surface area (Å²) in [6.45, 7) is 3.97. The molecule has 0 saturated heterocycles. The van der Waals surface area contributed by atoms with Crippen LogP contribution in [0.3, 0.4) is 0 Å². The van der Waals surface area contributed by atoms with E-state index in [9.17, 15) is 8.42 Å². The molecule has 0 aromatic carbocycles. The Morgan fingerprint density at radius 1 is 1.54 bits per heavy atom. The molecule has 0 aliphatic carbocycles. The average Bonchev–Trinajstić information content (AvgIpc) is 1.99. The van der Waals surface area contributed by atoms with E-state index in [0.29, 0.717) is 0 Å². The topological polar surface area (TPSA) is 96.0 Å². The van der Waals surface area contributed by atoms with E-state index >= 15 is 0 Å². The lowest BCUT2D eigenvalue weighted by molar-refractivity contribution is 0.456. The molecule has 1 unspecified atom stereocenters. The fraction of sp³-hybridized carbons (Fsp3) is 0.857. The lowest BCUT2D eigenvalue weighted by Gasteiger charge is -2.19. The third kappa shape index (κ3) is 4.83. The Balaban J connectivity index is 4.33. The Morgan fingerprint density at radius 3 is 2.38 bits per heavy atom. The van der Waals surface area contributed by atoms with E-state index < -0.39 is 15.8 Å². The van der Waals surface area contributed by atoms with E-state index in [1.54, 1.807) is 6.07 Å². The van der Waals surface area contributed by atoms with E-state index in [-0.39, 0.29) is 18.5 Å². The highest BCUT2D eigenvalue weighted by molar-refractivity contribution is 7.89. The number of nitriles is 1. The Hall–Kier alpha value is -0.640. The first-order valence-corrected chi connectivity index (χ1v) is 5.65. The van der Waals surface area contributed by atoms with Gasteiger partial charge in [0.1, 0.15) is 0 Å². The minimum Gasteiger partial charge on any atom is -0.329 e. The molecule has 0 spiro atoms. The van der Waals surface area contributed by atoms with Gasteiger partial charge in [0.25, 0.3) is 0 Å². The van der Waals surface area contributed by atoms with Crippen molar-refractivity contribution >= 4 is 10.0 Å². The summed E-state index contributed by atoms with van der Waals surface area (Å²) in [5, 5.41) is 8.23. The summed E-state index contributed by atoms with van der Waals surface area (Å²) < 4.78 is 24.6. The summed E-state index contributed by atoms with van der Waals surface area (Å²) in [6, 6.07) is 1.29. The van der Waals surface area contributed by atoms with Crippen LogP contribution in [0.1, 0.15) is 13.8 Å². The lowest BCUT2D eigenvalue weighted by Crippen LogP contribution is -2.44. The molecule has 0 aromatic heterocycles. The summed E-state index contributed by atoms with van der Waals surface area (Å²) in [7, 11) is -3.48. The summed E-state index contributed by atoms with van der Waals surface area (Å²) in [4.78, 5) is 0. The van der Waals surface area contributed by atoms with E-state index in [2.05, 4.69) is 4.72 Å². The van der Waals surface area contributed by atoms with Gasteiger partial charge in [-0.2, -0.15) is 5.26 Å². The highest BCUT2D eigenvalue weighted by Crippen LogP contribution is 2.01. The van der Waals surface area contributed by atoms with Crippen LogP contribution in [0.4, 0.5) is 0 Å². The molecule has 0 fully saturated rings. The van der Waals surface area contributed by atoms with Crippen LogP contribution in [-0.4, -0.2) is 26.8 Å². The molecule has 0 heterocycles. The van der Waals surface area contributed by atoms with Crippen molar-refractivity contribution in [3.8, 4) is 6.07 Å². The van der Waals surface area contributed by atoms with Gasteiger partial charge in [-0.15, -0.1) is 0 Å². The number of nitrogens with one attached hydrogen (secondary N) is 1. The summed E-state index contributed by atoms with van der Waals surface area (Å²) >= 11 is 0. The standard InChI is InChI=1S/C7H15N3O2S/c1-6(2)7(5-9)10-13(11,12)4-3-8/h6-7,10H,4-5,9H2,1-2H3. The number of nitrogens with two attached hydrogens (primary N) is 1. The van der Waals surface area contributed by atoms with Crippen LogP contribution in [0.5, 0.6) is 0 Å². The average molecular weight is 205 g/mol. The second-order valence-corrected chi connectivity index (χ2v) is 4.88. The minimum atomic E-state index is -3.48. The van der Waals surface area contributed by atoms with Crippen LogP contribution < -0.4 is 10.5 Å². The van der Waals surface area contributed by atoms with Gasteiger partial charge in [-0.3, -0.25) is 0 Å². The lowest BCUT2D eigenvalue weighted by atomic mass is 10.1. The number of hydrogen-bond donors (Lipinski definition) is 2. The molecule has 13 heavy (non-hydrogen) atoms. The number of nitrogens with zero attached hydrogens (tertiary/aromatic N) is 1. The number of sulfonamides is 1. The fourth-order valence-corrected chi connectivity index (χ4v) is 1.90. The molecule has 0 aliphatic rings. The quantitative estimate of drug-likeness (QED) is 0.627. The highest BCUT2D eigenvalue weighted by atomic mass is 32.2. The zero-order valence-electron chi connectivity index (χ0n) is 7.82. The summed E-state index contributed by atoms with van der Waals surface area (Å²) in [5.74, 6) is -0.394. The molecule has 5 nitrogen and oxygen atoms in total. The first-order valence-electron chi connectivity index (χ1n) is 4.00. The van der Waals surface area contributed by atoms with Gasteiger partial charge in [0.05, 0.1) is 6.07 Å². The van der Waals surface area contributed by atoms with Gasteiger partial charge < -0.3 is 5.73 Å². The SMILES string of the molecule is CC(C)C(CN)NS(=O)(=O)CC#N. The molecule has 6 heteroatoms. The van der Waals surface area contributed by atoms with Crippen LogP contribution in [-0.2, 0) is 10.0 Å². The Kier molecular flexibility index (Phi) is 4.91. The Morgan fingerprint density at radius 2 is 2.08 bits per heavy atom. The second-order valence-electron chi connectivity index (χ2n) is 3.12. The molecule has 0 saturated carbocycles. The maximum Gasteiger partial charge on any atom is 0.225 e. The molecule has 0 radical (unpaired) electrons. The van der Waals surface area contributed by atoms with Crippen LogP contribution >= 0.6 is 0 Å². The summed E-state index contributed by atoms with van der Waals surface area (Å²) in [5.41, 5.74) is 5.37. The normalized spacial score (nSPS) is 14.1. The third-order valence-electron chi connectivity index (χ3n) is 1.64. The van der Waals surface area contributed by atoms with Crippen molar-refractivity contribution in [1.29, 1.82) is 5.26 Å². The minimum absolute atomic E-state index is 0.124. The van der Waals surface area contributed by atoms with Gasteiger partial charge in [-0.1, -0.05) is 13.8 Å². The molecule has 0 rings (SSSR count). The first-order chi connectivity index (χ1) is 5.93. The number of rotatable bonds is 5. The molecule has 3 N–H and O–H groups in total. The highest BCUT2D eigenvalue weighted by Gasteiger charge is 2.18. The predicted molar refractivity (Wildman–Crippen MR) is 50.2 cm³/mol. The molecule has 0 aromatic rings. The van der Waals surface area contributed by atoms with Crippen LogP contribution in [0.2, 0.25) is 0 Å². The zero-order chi connectivity index (χ0) is 10.5. The van der Waals surface area contributed by atoms with Crippen LogP contribution in [0.15, 0.2) is 0 Å². The van der Waals surface area contributed by atoms with Crippen molar-refractivity contribution in [2.75, 3.05) is 12.3 Å². The van der Waals surface area contributed by atoms with Gasteiger partial charge >= 0.3 is 0 Å². The zero-order valence-corrected chi connectivity index (χ0v) is 8.63. The largest absolute Gasteiger partial charge is 0.329 e. The van der Waals surface area contributed by atoms with Crippen molar-refractivity contribution in [3.05, 3.63) is 0 Å². The Labute approximate surface area is 79.0 Å². The van der Waals surface area contributed by atoms with Gasteiger partial charge in [0.2, 0.25) is 10.0 Å². The van der Waals surface area contributed by atoms with Crippen molar-refractivity contribution in [3.63, 3.8) is 0 Å². The predicted octanol–water partition coefficient (Wildman–Crippen LogP) is -0.587. The summed E-state index contributed by atoms with van der Waals surface area (Å²) in [6.07, 6.45) is 0. The fourth-order valence-electron chi connectivity index (χ4n) is 0.814. The third-order valence-corrected chi connectivity index (χ3v) is 2.82. The van der Waals surface area contributed by atoms with E-state index in [0.717, 1.165) is 0 Å². The molecule has 76 valence electrons. The second kappa shape index (κ2) is 5.17. The van der Waals surface area contributed by atoms with Gasteiger partial charge in [0.15, 0.2) is 5.75 Å². The van der Waals surface area contributed by atoms with E-state index in [1.165, 1.54) is 0 Å². The van der Waals surface area contributed by atoms with Crippen molar-refractivity contribution in [2.45, 2.75) is 19.9 Å². The molecule has 0 aliphatic heterocycles. The number of hydrogen-bond acceptors (Lipinski definition) is 4. The van der Waals surface area contributed by atoms with Gasteiger partial charge in [0, 0.05) is 12.6 Å². The maximum atomic E-state index is 11.1. The molecule has 0 bridgehead atoms. The molecular weight excluding hydrogens is 190 g/mol. The molecule has 1 atom stereocenters. The van der Waals surface area contributed by atoms with Crippen LogP contribution in [0, 0.1) is 17.2 Å². The van der Waals surface area contributed by atoms with Crippen molar-refractivity contribution in [1.82, 2.24) is 4.72 Å². The maximum absolute atomic E-state index is 11.1. The van der Waals surface area contributed by atoms with Crippen molar-refractivity contribution < 1.29 is 8.42 Å². The van der Waals surface area contributed by atoms with Crippen molar-refractivity contribution in [2.24, 2.45) is 11.7 Å². The van der Waals surface area contributed by atoms with E-state index in [4.69, 9.17) is 11.0 Å². The van der Waals surface area contributed by atoms with E-state index in [1.807, 2.05) is 13.8 Å².